The van der Waals surface area contributed by atoms with E-state index in [1.165, 1.54) is 88.2 Å². The van der Waals surface area contributed by atoms with Crippen molar-refractivity contribution in [3.8, 4) is 0 Å². The maximum Gasteiger partial charge on any atom is -0.0190 e. The van der Waals surface area contributed by atoms with Gasteiger partial charge in [0.2, 0.25) is 0 Å². The zero-order chi connectivity index (χ0) is 16.0. The summed E-state index contributed by atoms with van der Waals surface area (Å²) in [6.45, 7) is 6.95. The van der Waals surface area contributed by atoms with Gasteiger partial charge in [0.05, 0.1) is 0 Å². The van der Waals surface area contributed by atoms with Crippen LogP contribution in [0.2, 0.25) is 0 Å². The molecule has 0 nitrogen and oxygen atoms in total. The zero-order valence-corrected chi connectivity index (χ0v) is 15.4. The lowest BCUT2D eigenvalue weighted by Gasteiger charge is -2.12. The first-order chi connectivity index (χ1) is 10.8. The van der Waals surface area contributed by atoms with Gasteiger partial charge in [0.1, 0.15) is 0 Å². The van der Waals surface area contributed by atoms with E-state index in [1.54, 1.807) is 0 Å². The van der Waals surface area contributed by atoms with E-state index in [1.807, 2.05) is 0 Å². The van der Waals surface area contributed by atoms with Gasteiger partial charge in [-0.05, 0) is 36.3 Å². The molecule has 0 aliphatic heterocycles. The molecule has 1 aromatic carbocycles. The summed E-state index contributed by atoms with van der Waals surface area (Å²) in [6, 6.07) is 9.47. The predicted molar refractivity (Wildman–Crippen MR) is 101 cm³/mol. The molecular formula is C22H38. The van der Waals surface area contributed by atoms with E-state index in [-0.39, 0.29) is 0 Å². The van der Waals surface area contributed by atoms with Crippen molar-refractivity contribution in [2.24, 2.45) is 0 Å². The van der Waals surface area contributed by atoms with E-state index >= 15 is 0 Å². The minimum atomic E-state index is 0.722. The molecule has 0 aromatic heterocycles. The van der Waals surface area contributed by atoms with Crippen molar-refractivity contribution in [1.29, 1.82) is 0 Å². The van der Waals surface area contributed by atoms with Crippen LogP contribution < -0.4 is 0 Å². The lowest BCUT2D eigenvalue weighted by molar-refractivity contribution is 0.579. The molecule has 1 atom stereocenters. The summed E-state index contributed by atoms with van der Waals surface area (Å²) >= 11 is 0. The maximum atomic E-state index is 2.38. The Morgan fingerprint density at radius 3 is 1.86 bits per heavy atom. The molecule has 0 spiro atoms. The Morgan fingerprint density at radius 1 is 0.682 bits per heavy atom. The number of aryl methyl sites for hydroxylation is 1. The number of unbranched alkanes of at least 4 members (excludes halogenated alkanes) is 8. The van der Waals surface area contributed by atoms with Gasteiger partial charge in [-0.25, -0.2) is 0 Å². The highest BCUT2D eigenvalue weighted by atomic mass is 14.1. The third-order valence-corrected chi connectivity index (χ3v) is 4.86. The first-order valence-corrected chi connectivity index (χ1v) is 9.86. The third kappa shape index (κ3) is 8.61. The Kier molecular flexibility index (Phi) is 11.2. The van der Waals surface area contributed by atoms with Crippen LogP contribution >= 0.6 is 0 Å². The highest BCUT2D eigenvalue weighted by molar-refractivity contribution is 5.25. The van der Waals surface area contributed by atoms with E-state index in [2.05, 4.69) is 45.0 Å². The number of rotatable bonds is 13. The number of hydrogen-bond acceptors (Lipinski definition) is 0. The first kappa shape index (κ1) is 19.3. The van der Waals surface area contributed by atoms with Gasteiger partial charge in [-0.1, -0.05) is 103 Å². The quantitative estimate of drug-likeness (QED) is 0.328. The fourth-order valence-corrected chi connectivity index (χ4v) is 3.17. The van der Waals surface area contributed by atoms with Crippen LogP contribution in [0, 0.1) is 0 Å². The van der Waals surface area contributed by atoms with E-state index in [0.717, 1.165) is 5.92 Å². The molecule has 0 amide bonds. The van der Waals surface area contributed by atoms with Crippen molar-refractivity contribution in [2.75, 3.05) is 0 Å². The molecule has 0 saturated heterocycles. The molecule has 1 rings (SSSR count). The molecule has 22 heavy (non-hydrogen) atoms. The predicted octanol–water partition coefficient (Wildman–Crippen LogP) is 7.66. The van der Waals surface area contributed by atoms with Crippen molar-refractivity contribution < 1.29 is 0 Å². The third-order valence-electron chi connectivity index (χ3n) is 4.86. The molecule has 0 bridgehead atoms. The highest BCUT2D eigenvalue weighted by Gasteiger charge is 2.05. The Morgan fingerprint density at radius 2 is 1.23 bits per heavy atom. The minimum absolute atomic E-state index is 0.722. The van der Waals surface area contributed by atoms with Crippen molar-refractivity contribution >= 4 is 0 Å². The van der Waals surface area contributed by atoms with Crippen LogP contribution in [-0.2, 0) is 6.42 Å². The normalized spacial score (nSPS) is 12.5. The van der Waals surface area contributed by atoms with Crippen LogP contribution in [0.5, 0.6) is 0 Å². The maximum absolute atomic E-state index is 2.38. The standard InChI is InChI=1S/C22H38/c1-4-6-8-10-11-13-15-21-16-18-22(19-17-21)20(3)14-12-9-7-5-2/h16-20H,4-15H2,1-3H3. The summed E-state index contributed by atoms with van der Waals surface area (Å²) in [5, 5.41) is 0. The molecule has 0 saturated carbocycles. The second kappa shape index (κ2) is 12.7. The van der Waals surface area contributed by atoms with Crippen LogP contribution in [-0.4, -0.2) is 0 Å². The molecule has 0 aliphatic rings. The molecular weight excluding hydrogens is 264 g/mol. The monoisotopic (exact) mass is 302 g/mol. The Balaban J connectivity index is 2.21. The Labute approximate surface area is 139 Å². The van der Waals surface area contributed by atoms with Gasteiger partial charge in [0.15, 0.2) is 0 Å². The Bertz CT molecular complexity index is 349. The van der Waals surface area contributed by atoms with Gasteiger partial charge >= 0.3 is 0 Å². The van der Waals surface area contributed by atoms with Gasteiger partial charge in [-0.15, -0.1) is 0 Å². The topological polar surface area (TPSA) is 0 Å². The summed E-state index contributed by atoms with van der Waals surface area (Å²) in [4.78, 5) is 0. The second-order valence-electron chi connectivity index (χ2n) is 7.01. The van der Waals surface area contributed by atoms with Crippen molar-refractivity contribution in [2.45, 2.75) is 104 Å². The minimum Gasteiger partial charge on any atom is -0.0654 e. The van der Waals surface area contributed by atoms with E-state index in [9.17, 15) is 0 Å². The van der Waals surface area contributed by atoms with E-state index < -0.39 is 0 Å². The summed E-state index contributed by atoms with van der Waals surface area (Å²) in [5.41, 5.74) is 3.06. The van der Waals surface area contributed by atoms with Gasteiger partial charge in [0, 0.05) is 0 Å². The average molecular weight is 303 g/mol. The smallest absolute Gasteiger partial charge is 0.0190 e. The van der Waals surface area contributed by atoms with Gasteiger partial charge < -0.3 is 0 Å². The molecule has 0 heteroatoms. The van der Waals surface area contributed by atoms with Crippen LogP contribution in [0.3, 0.4) is 0 Å². The van der Waals surface area contributed by atoms with Crippen LogP contribution in [0.15, 0.2) is 24.3 Å². The molecule has 1 unspecified atom stereocenters. The molecule has 0 radical (unpaired) electrons. The largest absolute Gasteiger partial charge is 0.0654 e. The SMILES string of the molecule is CCCCCCCCc1ccc(C(C)CCCCCC)cc1. The van der Waals surface area contributed by atoms with Crippen LogP contribution in [0.4, 0.5) is 0 Å². The van der Waals surface area contributed by atoms with Crippen molar-refractivity contribution in [1.82, 2.24) is 0 Å². The molecule has 0 fully saturated rings. The molecule has 0 N–H and O–H groups in total. The summed E-state index contributed by atoms with van der Waals surface area (Å²) in [5.74, 6) is 0.722. The average Bonchev–Trinajstić information content (AvgIpc) is 2.55. The highest BCUT2D eigenvalue weighted by Crippen LogP contribution is 2.23. The van der Waals surface area contributed by atoms with Crippen LogP contribution in [0.1, 0.15) is 108 Å². The van der Waals surface area contributed by atoms with E-state index in [4.69, 9.17) is 0 Å². The summed E-state index contributed by atoms with van der Waals surface area (Å²) in [6.07, 6.45) is 16.5. The fourth-order valence-electron chi connectivity index (χ4n) is 3.17. The van der Waals surface area contributed by atoms with E-state index in [0.29, 0.717) is 0 Å². The molecule has 0 aliphatic carbocycles. The summed E-state index contributed by atoms with van der Waals surface area (Å²) < 4.78 is 0. The number of hydrogen-bond donors (Lipinski definition) is 0. The Hall–Kier alpha value is -0.780. The van der Waals surface area contributed by atoms with Gasteiger partial charge in [-0.3, -0.25) is 0 Å². The van der Waals surface area contributed by atoms with Crippen molar-refractivity contribution in [3.05, 3.63) is 35.4 Å². The molecule has 1 aromatic rings. The molecule has 0 heterocycles. The second-order valence-corrected chi connectivity index (χ2v) is 7.01. The lowest BCUT2D eigenvalue weighted by Crippen LogP contribution is -1.95. The number of benzene rings is 1. The first-order valence-electron chi connectivity index (χ1n) is 9.86. The van der Waals surface area contributed by atoms with Crippen molar-refractivity contribution in [3.63, 3.8) is 0 Å². The zero-order valence-electron chi connectivity index (χ0n) is 15.4. The van der Waals surface area contributed by atoms with Gasteiger partial charge in [0.25, 0.3) is 0 Å². The lowest BCUT2D eigenvalue weighted by atomic mass is 9.93. The van der Waals surface area contributed by atoms with Crippen LogP contribution in [0.25, 0.3) is 0 Å². The molecule has 126 valence electrons. The van der Waals surface area contributed by atoms with Gasteiger partial charge in [-0.2, -0.15) is 0 Å². The summed E-state index contributed by atoms with van der Waals surface area (Å²) in [7, 11) is 0. The fraction of sp³-hybridized carbons (Fsp3) is 0.727.